The van der Waals surface area contributed by atoms with Crippen LogP contribution in [0.1, 0.15) is 18.7 Å². The van der Waals surface area contributed by atoms with Crippen LogP contribution in [0.25, 0.3) is 11.0 Å². The van der Waals surface area contributed by atoms with Crippen LogP contribution in [0.15, 0.2) is 35.3 Å². The Morgan fingerprint density at radius 2 is 2.18 bits per heavy atom. The molecule has 1 saturated heterocycles. The second kappa shape index (κ2) is 7.08. The fourth-order valence-corrected chi connectivity index (χ4v) is 3.16. The molecule has 144 valence electrons. The Bertz CT molecular complexity index is 1140. The minimum atomic E-state index is -0.714. The molecule has 2 N–H and O–H groups in total. The van der Waals surface area contributed by atoms with Gasteiger partial charge in [0.25, 0.3) is 5.56 Å². The zero-order valence-corrected chi connectivity index (χ0v) is 15.5. The molecular formula is C18H15ClFN5O3. The molecule has 0 spiro atoms. The van der Waals surface area contributed by atoms with Crippen molar-refractivity contribution in [3.63, 3.8) is 0 Å². The van der Waals surface area contributed by atoms with Crippen molar-refractivity contribution in [1.82, 2.24) is 15.0 Å². The van der Waals surface area contributed by atoms with Gasteiger partial charge < -0.3 is 15.0 Å². The normalized spacial score (nSPS) is 15.0. The highest BCUT2D eigenvalue weighted by atomic mass is 35.5. The van der Waals surface area contributed by atoms with E-state index in [-0.39, 0.29) is 30.4 Å². The molecule has 0 saturated carbocycles. The number of hydrogen-bond acceptors (Lipinski definition) is 6. The monoisotopic (exact) mass is 403 g/mol. The number of halogens is 2. The Morgan fingerprint density at radius 3 is 2.93 bits per heavy atom. The summed E-state index contributed by atoms with van der Waals surface area (Å²) in [5.74, 6) is -0.814. The number of anilines is 2. The number of amides is 1. The van der Waals surface area contributed by atoms with Gasteiger partial charge in [-0.25, -0.2) is 19.2 Å². The summed E-state index contributed by atoms with van der Waals surface area (Å²) in [7, 11) is 0. The number of nitrogens with zero attached hydrogens (tertiary/aromatic N) is 3. The number of hydrogen-bond donors (Lipinski definition) is 2. The van der Waals surface area contributed by atoms with Gasteiger partial charge in [-0.2, -0.15) is 0 Å². The van der Waals surface area contributed by atoms with Gasteiger partial charge in [-0.15, -0.1) is 0 Å². The number of carbonyl (C=O) groups excluding carboxylic acids is 1. The number of pyridine rings is 1. The average Bonchev–Trinajstić information content (AvgIpc) is 3.09. The average molecular weight is 404 g/mol. The molecule has 0 radical (unpaired) electrons. The third-order valence-electron chi connectivity index (χ3n) is 4.37. The van der Waals surface area contributed by atoms with Gasteiger partial charge in [0.2, 0.25) is 0 Å². The number of rotatable bonds is 4. The Morgan fingerprint density at radius 1 is 1.36 bits per heavy atom. The van der Waals surface area contributed by atoms with E-state index in [0.29, 0.717) is 16.1 Å². The number of aromatic amines is 1. The lowest BCUT2D eigenvalue weighted by atomic mass is 10.2. The second-order valence-corrected chi connectivity index (χ2v) is 6.67. The lowest BCUT2D eigenvalue weighted by Gasteiger charge is -2.18. The minimum Gasteiger partial charge on any atom is -0.447 e. The number of nitrogens with one attached hydrogen (secondary N) is 2. The molecule has 8 nitrogen and oxygen atoms in total. The van der Waals surface area contributed by atoms with Gasteiger partial charge in [0, 0.05) is 11.2 Å². The molecule has 1 atom stereocenters. The van der Waals surface area contributed by atoms with E-state index in [9.17, 15) is 14.0 Å². The lowest BCUT2D eigenvalue weighted by Crippen LogP contribution is -2.26. The first-order chi connectivity index (χ1) is 13.4. The molecule has 0 bridgehead atoms. The van der Waals surface area contributed by atoms with Gasteiger partial charge in [0.05, 0.1) is 29.3 Å². The van der Waals surface area contributed by atoms with Crippen LogP contribution < -0.4 is 15.8 Å². The summed E-state index contributed by atoms with van der Waals surface area (Å²) in [6, 6.07) is 5.67. The van der Waals surface area contributed by atoms with Crippen molar-refractivity contribution in [2.45, 2.75) is 13.0 Å². The molecule has 0 aliphatic carbocycles. The maximum absolute atomic E-state index is 14.9. The number of fused-ring (bicyclic) bond motifs is 1. The predicted molar refractivity (Wildman–Crippen MR) is 102 cm³/mol. The Kier molecular flexibility index (Phi) is 4.60. The van der Waals surface area contributed by atoms with Crippen molar-refractivity contribution >= 4 is 40.2 Å². The summed E-state index contributed by atoms with van der Waals surface area (Å²) < 4.78 is 19.7. The van der Waals surface area contributed by atoms with Gasteiger partial charge >= 0.3 is 6.09 Å². The van der Waals surface area contributed by atoms with Crippen LogP contribution in [0, 0.1) is 5.82 Å². The molecule has 1 amide bonds. The fourth-order valence-electron chi connectivity index (χ4n) is 2.99. The van der Waals surface area contributed by atoms with E-state index in [2.05, 4.69) is 20.3 Å². The van der Waals surface area contributed by atoms with Crippen LogP contribution >= 0.6 is 11.6 Å². The van der Waals surface area contributed by atoms with Gasteiger partial charge in [-0.3, -0.25) is 9.69 Å². The van der Waals surface area contributed by atoms with Crippen molar-refractivity contribution < 1.29 is 13.9 Å². The minimum absolute atomic E-state index is 0.0550. The zero-order chi connectivity index (χ0) is 19.8. The molecular weight excluding hydrogens is 389 g/mol. The van der Waals surface area contributed by atoms with Crippen LogP contribution in [0.5, 0.6) is 0 Å². The van der Waals surface area contributed by atoms with Gasteiger partial charge in [-0.05, 0) is 31.2 Å². The molecule has 28 heavy (non-hydrogen) atoms. The summed E-state index contributed by atoms with van der Waals surface area (Å²) in [4.78, 5) is 36.3. The van der Waals surface area contributed by atoms with E-state index in [4.69, 9.17) is 16.3 Å². The van der Waals surface area contributed by atoms with E-state index >= 15 is 0 Å². The highest BCUT2D eigenvalue weighted by Crippen LogP contribution is 2.28. The lowest BCUT2D eigenvalue weighted by molar-refractivity contribution is 0.181. The molecule has 10 heteroatoms. The first kappa shape index (κ1) is 18.2. The van der Waals surface area contributed by atoms with Crippen molar-refractivity contribution in [2.24, 2.45) is 0 Å². The maximum atomic E-state index is 14.9. The molecule has 3 aromatic rings. The third kappa shape index (κ3) is 3.24. The highest BCUT2D eigenvalue weighted by molar-refractivity contribution is 6.31. The van der Waals surface area contributed by atoms with Crippen molar-refractivity contribution in [2.75, 3.05) is 23.4 Å². The standard InChI is InChI=1S/C18H15ClFN5O3/c1-9(15-17(26)24-11-3-2-10(19)8-12(11)23-15)22-16-14(20)13(4-5-21-16)25-6-7-28-18(25)27/h2-5,8-9H,6-7H2,1H3,(H,21,22)(H,24,26). The molecule has 1 fully saturated rings. The zero-order valence-electron chi connectivity index (χ0n) is 14.7. The number of cyclic esters (lactones) is 1. The quantitative estimate of drug-likeness (QED) is 0.693. The van der Waals surface area contributed by atoms with Gasteiger partial charge in [0.15, 0.2) is 11.6 Å². The van der Waals surface area contributed by atoms with Crippen LogP contribution in [0.2, 0.25) is 5.02 Å². The van der Waals surface area contributed by atoms with Crippen LogP contribution in [-0.4, -0.2) is 34.2 Å². The van der Waals surface area contributed by atoms with Crippen molar-refractivity contribution in [3.05, 3.63) is 57.3 Å². The van der Waals surface area contributed by atoms with Crippen molar-refractivity contribution in [1.29, 1.82) is 0 Å². The fraction of sp³-hybridized carbons (Fsp3) is 0.222. The summed E-state index contributed by atoms with van der Waals surface area (Å²) >= 11 is 5.98. The molecule has 4 rings (SSSR count). The summed E-state index contributed by atoms with van der Waals surface area (Å²) in [6.45, 7) is 2.10. The molecule has 1 aromatic carbocycles. The van der Waals surface area contributed by atoms with E-state index in [0.717, 1.165) is 0 Å². The molecule has 3 heterocycles. The van der Waals surface area contributed by atoms with Crippen LogP contribution in [0.3, 0.4) is 0 Å². The molecule has 1 aliphatic heterocycles. The van der Waals surface area contributed by atoms with E-state index in [1.807, 2.05) is 0 Å². The van der Waals surface area contributed by atoms with Gasteiger partial charge in [-0.1, -0.05) is 11.6 Å². The number of H-pyrrole nitrogens is 1. The third-order valence-corrected chi connectivity index (χ3v) is 4.60. The van der Waals surface area contributed by atoms with E-state index in [1.165, 1.54) is 17.2 Å². The predicted octanol–water partition coefficient (Wildman–Crippen LogP) is 3.24. The Labute approximate surface area is 163 Å². The first-order valence-electron chi connectivity index (χ1n) is 8.49. The van der Waals surface area contributed by atoms with Gasteiger partial charge in [0.1, 0.15) is 12.3 Å². The van der Waals surface area contributed by atoms with Crippen LogP contribution in [-0.2, 0) is 4.74 Å². The topological polar surface area (TPSA) is 100 Å². The Hall–Kier alpha value is -3.20. The summed E-state index contributed by atoms with van der Waals surface area (Å²) in [5, 5.41) is 3.33. The Balaban J connectivity index is 1.66. The SMILES string of the molecule is CC(Nc1nccc(N2CCOC2=O)c1F)c1nc2cc(Cl)ccc2[nH]c1=O. The summed E-state index contributed by atoms with van der Waals surface area (Å²) in [5.41, 5.74) is 0.859. The van der Waals surface area contributed by atoms with E-state index in [1.54, 1.807) is 25.1 Å². The number of carbonyl (C=O) groups is 1. The largest absolute Gasteiger partial charge is 0.447 e. The second-order valence-electron chi connectivity index (χ2n) is 6.24. The number of ether oxygens (including phenoxy) is 1. The highest BCUT2D eigenvalue weighted by Gasteiger charge is 2.28. The molecule has 1 aliphatic rings. The number of benzene rings is 1. The van der Waals surface area contributed by atoms with Crippen molar-refractivity contribution in [3.8, 4) is 0 Å². The maximum Gasteiger partial charge on any atom is 0.414 e. The van der Waals surface area contributed by atoms with Crippen LogP contribution in [0.4, 0.5) is 20.7 Å². The first-order valence-corrected chi connectivity index (χ1v) is 8.86. The van der Waals surface area contributed by atoms with E-state index < -0.39 is 23.5 Å². The molecule has 2 aromatic heterocycles. The molecule has 1 unspecified atom stereocenters. The smallest absolute Gasteiger partial charge is 0.414 e. The summed E-state index contributed by atoms with van der Waals surface area (Å²) in [6.07, 6.45) is 0.755. The number of aromatic nitrogens is 3.